The van der Waals surface area contributed by atoms with Crippen LogP contribution in [0.15, 0.2) is 35.2 Å². The lowest BCUT2D eigenvalue weighted by Gasteiger charge is -2.06. The largest absolute Gasteiger partial charge is 0.453 e. The van der Waals surface area contributed by atoms with Crippen molar-refractivity contribution in [2.75, 3.05) is 0 Å². The number of rotatable bonds is 4. The number of benzene rings is 1. The lowest BCUT2D eigenvalue weighted by atomic mass is 9.97. The van der Waals surface area contributed by atoms with Crippen LogP contribution in [0, 0.1) is 5.41 Å². The molecule has 1 saturated carbocycles. The molecule has 0 aromatic heterocycles. The predicted molar refractivity (Wildman–Crippen MR) is 69.6 cm³/mol. The number of carbonyl (C=O) groups is 2. The first-order valence-electron chi connectivity index (χ1n) is 5.94. The first-order chi connectivity index (χ1) is 9.36. The van der Waals surface area contributed by atoms with Crippen LogP contribution < -0.4 is 0 Å². The highest BCUT2D eigenvalue weighted by Crippen LogP contribution is 2.48. The van der Waals surface area contributed by atoms with Gasteiger partial charge in [0.25, 0.3) is 15.6 Å². The van der Waals surface area contributed by atoms with E-state index >= 15 is 0 Å². The van der Waals surface area contributed by atoms with E-state index in [1.54, 1.807) is 6.07 Å². The van der Waals surface area contributed by atoms with Crippen LogP contribution in [0.2, 0.25) is 0 Å². The first-order valence-corrected chi connectivity index (χ1v) is 7.42. The Hall–Kier alpha value is -2.11. The molecular formula is C13H12N2O4S. The zero-order chi connectivity index (χ0) is 15.0. The first kappa shape index (κ1) is 14.3. The Morgan fingerprint density at radius 2 is 1.75 bits per heavy atom. The van der Waals surface area contributed by atoms with Gasteiger partial charge in [-0.1, -0.05) is 18.2 Å². The monoisotopic (exact) mass is 292 g/mol. The van der Waals surface area contributed by atoms with Crippen molar-refractivity contribution < 1.29 is 22.8 Å². The van der Waals surface area contributed by atoms with Crippen molar-refractivity contribution in [1.29, 1.82) is 0 Å². The second-order valence-corrected chi connectivity index (χ2v) is 6.55. The van der Waals surface area contributed by atoms with Gasteiger partial charge in [0.2, 0.25) is 0 Å². The van der Waals surface area contributed by atoms with Crippen molar-refractivity contribution in [3.63, 3.8) is 0 Å². The zero-order valence-electron chi connectivity index (χ0n) is 10.7. The number of sulfone groups is 1. The predicted octanol–water partition coefficient (Wildman–Crippen LogP) is 1.03. The van der Waals surface area contributed by atoms with Crippen LogP contribution in [0.25, 0.3) is 5.53 Å². The minimum atomic E-state index is -4.23. The van der Waals surface area contributed by atoms with E-state index < -0.39 is 31.9 Å². The Morgan fingerprint density at radius 3 is 2.15 bits per heavy atom. The highest BCUT2D eigenvalue weighted by atomic mass is 32.2. The molecule has 0 saturated heterocycles. The standard InChI is InChI=1S/C13H12N2O4S/c1-9(16)13(7-8-13)11(17)12(15-14)20(18,19)10-5-3-2-4-6-10/h2-6H,7-8H2,1H3. The van der Waals surface area contributed by atoms with E-state index in [-0.39, 0.29) is 17.7 Å². The summed E-state index contributed by atoms with van der Waals surface area (Å²) in [5.74, 6) is -1.34. The average molecular weight is 292 g/mol. The van der Waals surface area contributed by atoms with E-state index in [0.717, 1.165) is 0 Å². The number of nitrogens with zero attached hydrogens (tertiary/aromatic N) is 2. The van der Waals surface area contributed by atoms with Gasteiger partial charge in [-0.2, -0.15) is 0 Å². The van der Waals surface area contributed by atoms with Gasteiger partial charge in [0, 0.05) is 0 Å². The molecule has 6 nitrogen and oxygen atoms in total. The fourth-order valence-corrected chi connectivity index (χ4v) is 3.29. The van der Waals surface area contributed by atoms with E-state index in [2.05, 4.69) is 4.79 Å². The van der Waals surface area contributed by atoms with Crippen molar-refractivity contribution >= 4 is 26.4 Å². The summed E-state index contributed by atoms with van der Waals surface area (Å²) in [4.78, 5) is 26.2. The maximum atomic E-state index is 12.3. The fourth-order valence-electron chi connectivity index (χ4n) is 2.00. The Labute approximate surface area is 116 Å². The molecular weight excluding hydrogens is 280 g/mol. The highest BCUT2D eigenvalue weighted by molar-refractivity contribution is 8.08. The second-order valence-electron chi connectivity index (χ2n) is 4.69. The summed E-state index contributed by atoms with van der Waals surface area (Å²) in [7, 11) is -4.23. The lowest BCUT2D eigenvalue weighted by molar-refractivity contribution is -0.131. The molecule has 0 amide bonds. The van der Waals surface area contributed by atoms with Gasteiger partial charge < -0.3 is 5.53 Å². The van der Waals surface area contributed by atoms with Crippen LogP contribution in [0.1, 0.15) is 19.8 Å². The molecule has 1 aromatic rings. The fraction of sp³-hybridized carbons (Fsp3) is 0.308. The third-order valence-electron chi connectivity index (χ3n) is 3.45. The average Bonchev–Trinajstić information content (AvgIpc) is 3.21. The van der Waals surface area contributed by atoms with E-state index in [1.165, 1.54) is 31.2 Å². The van der Waals surface area contributed by atoms with Gasteiger partial charge in [0.15, 0.2) is 0 Å². The Bertz CT molecular complexity index is 727. The molecule has 0 bridgehead atoms. The minimum Gasteiger partial charge on any atom is -0.360 e. The van der Waals surface area contributed by atoms with Crippen LogP contribution in [0.5, 0.6) is 0 Å². The number of ketones is 2. The molecule has 104 valence electrons. The summed E-state index contributed by atoms with van der Waals surface area (Å²) < 4.78 is 24.6. The molecule has 20 heavy (non-hydrogen) atoms. The summed E-state index contributed by atoms with van der Waals surface area (Å²) >= 11 is 0. The number of hydrogen-bond acceptors (Lipinski definition) is 4. The Morgan fingerprint density at radius 1 is 1.20 bits per heavy atom. The lowest BCUT2D eigenvalue weighted by Crippen LogP contribution is -2.36. The molecule has 1 fully saturated rings. The minimum absolute atomic E-state index is 0.152. The van der Waals surface area contributed by atoms with E-state index in [9.17, 15) is 18.0 Å². The molecule has 2 rings (SSSR count). The van der Waals surface area contributed by atoms with Crippen molar-refractivity contribution in [1.82, 2.24) is 0 Å². The topological polar surface area (TPSA) is 105 Å². The normalized spacial score (nSPS) is 16.1. The quantitative estimate of drug-likeness (QED) is 0.271. The summed E-state index contributed by atoms with van der Waals surface area (Å²) in [6.45, 7) is 1.23. The summed E-state index contributed by atoms with van der Waals surface area (Å²) in [5.41, 5.74) is 7.61. The van der Waals surface area contributed by atoms with E-state index in [0.29, 0.717) is 0 Å². The third kappa shape index (κ3) is 2.11. The smallest absolute Gasteiger partial charge is 0.360 e. The van der Waals surface area contributed by atoms with Gasteiger partial charge >= 0.3 is 5.04 Å². The molecule has 0 N–H and O–H groups in total. The van der Waals surface area contributed by atoms with Crippen LogP contribution in [0.3, 0.4) is 0 Å². The summed E-state index contributed by atoms with van der Waals surface area (Å²) in [6, 6.07) is 7.19. The van der Waals surface area contributed by atoms with E-state index in [4.69, 9.17) is 5.53 Å². The molecule has 1 aromatic carbocycles. The summed E-state index contributed by atoms with van der Waals surface area (Å²) in [5, 5.41) is -0.976. The third-order valence-corrected chi connectivity index (χ3v) is 5.12. The van der Waals surface area contributed by atoms with Crippen molar-refractivity contribution in [2.24, 2.45) is 5.41 Å². The number of Topliss-reactive ketones (excluding diaryl/α,β-unsaturated/α-hetero) is 2. The molecule has 0 unspecified atom stereocenters. The Kier molecular flexibility index (Phi) is 3.41. The van der Waals surface area contributed by atoms with Crippen LogP contribution in [-0.4, -0.2) is 29.8 Å². The molecule has 0 heterocycles. The van der Waals surface area contributed by atoms with Gasteiger partial charge in [-0.3, -0.25) is 9.59 Å². The van der Waals surface area contributed by atoms with Gasteiger partial charge in [-0.05, 0) is 31.9 Å². The zero-order valence-corrected chi connectivity index (χ0v) is 11.6. The van der Waals surface area contributed by atoms with Gasteiger partial charge in [0.05, 0.1) is 4.90 Å². The SMILES string of the molecule is CC(=O)C1(C(=O)C(=[N+]=[N-])S(=O)(=O)c2ccccc2)CC1. The number of hydrogen-bond donors (Lipinski definition) is 0. The maximum Gasteiger partial charge on any atom is 0.453 e. The van der Waals surface area contributed by atoms with Crippen molar-refractivity contribution in [3.8, 4) is 0 Å². The molecule has 1 aliphatic rings. The van der Waals surface area contributed by atoms with Crippen LogP contribution in [-0.2, 0) is 19.4 Å². The van der Waals surface area contributed by atoms with Gasteiger partial charge in [-0.15, -0.1) is 4.79 Å². The maximum absolute atomic E-state index is 12.3. The van der Waals surface area contributed by atoms with Gasteiger partial charge in [-0.25, -0.2) is 8.42 Å². The molecule has 0 aliphatic heterocycles. The van der Waals surface area contributed by atoms with Gasteiger partial charge in [0.1, 0.15) is 11.2 Å². The molecule has 0 spiro atoms. The number of carbonyl (C=O) groups excluding carboxylic acids is 2. The van der Waals surface area contributed by atoms with Crippen LogP contribution >= 0.6 is 0 Å². The molecule has 0 atom stereocenters. The van der Waals surface area contributed by atoms with Crippen molar-refractivity contribution in [2.45, 2.75) is 24.7 Å². The molecule has 1 aliphatic carbocycles. The summed E-state index contributed by atoms with van der Waals surface area (Å²) in [6.07, 6.45) is 0.564. The van der Waals surface area contributed by atoms with Crippen LogP contribution in [0.4, 0.5) is 0 Å². The molecule has 7 heteroatoms. The second kappa shape index (κ2) is 4.77. The van der Waals surface area contributed by atoms with E-state index in [1.807, 2.05) is 0 Å². The van der Waals surface area contributed by atoms with Crippen molar-refractivity contribution in [3.05, 3.63) is 35.9 Å². The molecule has 0 radical (unpaired) electrons. The Balaban J connectivity index is 2.48. The highest BCUT2D eigenvalue weighted by Gasteiger charge is 2.60.